The second-order valence-corrected chi connectivity index (χ2v) is 7.75. The van der Waals surface area contributed by atoms with Crippen LogP contribution in [0.1, 0.15) is 22.6 Å². The Hall–Kier alpha value is -4.45. The molecule has 34 heavy (non-hydrogen) atoms. The Morgan fingerprint density at radius 3 is 2.09 bits per heavy atom. The van der Waals surface area contributed by atoms with Gasteiger partial charge in [0.05, 0.1) is 50.2 Å². The first-order valence-electron chi connectivity index (χ1n) is 10.4. The summed E-state index contributed by atoms with van der Waals surface area (Å²) in [5.74, 6) is 0.691. The van der Waals surface area contributed by atoms with Gasteiger partial charge in [0.2, 0.25) is 5.75 Å². The predicted octanol–water partition coefficient (Wildman–Crippen LogP) is 2.60. The molecule has 1 unspecified atom stereocenters. The molecule has 0 aliphatic carbocycles. The maximum atomic E-state index is 13.4. The van der Waals surface area contributed by atoms with Crippen molar-refractivity contribution < 1.29 is 14.2 Å². The van der Waals surface area contributed by atoms with E-state index in [0.29, 0.717) is 39.9 Å². The highest BCUT2D eigenvalue weighted by Gasteiger charge is 2.36. The third-order valence-corrected chi connectivity index (χ3v) is 5.99. The van der Waals surface area contributed by atoms with Crippen LogP contribution in [0.15, 0.2) is 57.6 Å². The molecule has 1 atom stereocenters. The molecule has 1 aromatic heterocycles. The van der Waals surface area contributed by atoms with Gasteiger partial charge in [-0.3, -0.25) is 13.9 Å². The number of hydrogen-bond acceptors (Lipinski definition) is 7. The van der Waals surface area contributed by atoms with Gasteiger partial charge in [-0.05, 0) is 23.3 Å². The van der Waals surface area contributed by atoms with Gasteiger partial charge in [0.25, 0.3) is 5.56 Å². The van der Waals surface area contributed by atoms with Crippen molar-refractivity contribution in [3.8, 4) is 23.3 Å². The normalized spacial score (nSPS) is 14.6. The van der Waals surface area contributed by atoms with Gasteiger partial charge in [-0.15, -0.1) is 0 Å². The minimum Gasteiger partial charge on any atom is -0.493 e. The van der Waals surface area contributed by atoms with Crippen LogP contribution in [0.4, 0.5) is 5.82 Å². The zero-order valence-electron chi connectivity index (χ0n) is 19.5. The third-order valence-electron chi connectivity index (χ3n) is 5.99. The average Bonchev–Trinajstić information content (AvgIpc) is 2.88. The number of ether oxygens (including phenoxy) is 3. The smallest absolute Gasteiger partial charge is 0.332 e. The molecule has 1 aliphatic rings. The molecule has 4 rings (SSSR count). The lowest BCUT2D eigenvalue weighted by atomic mass is 9.81. The van der Waals surface area contributed by atoms with Crippen LogP contribution in [0.25, 0.3) is 5.70 Å². The summed E-state index contributed by atoms with van der Waals surface area (Å²) < 4.78 is 18.9. The molecule has 174 valence electrons. The SMILES string of the molecule is COc1cc(C2C(C#N)=C(c3ccccc3)Nc3c2c(=O)n(C)c(=O)n3C)cc(OC)c1OC. The number of fused-ring (bicyclic) bond motifs is 1. The van der Waals surface area contributed by atoms with Crippen molar-refractivity contribution in [3.05, 3.63) is 85.6 Å². The number of allylic oxidation sites excluding steroid dienone is 1. The van der Waals surface area contributed by atoms with Gasteiger partial charge >= 0.3 is 5.69 Å². The molecule has 3 aromatic rings. The van der Waals surface area contributed by atoms with Gasteiger partial charge in [-0.2, -0.15) is 5.26 Å². The number of aromatic nitrogens is 2. The summed E-state index contributed by atoms with van der Waals surface area (Å²) in [7, 11) is 7.49. The molecule has 9 nitrogen and oxygen atoms in total. The summed E-state index contributed by atoms with van der Waals surface area (Å²) in [4.78, 5) is 26.1. The maximum Gasteiger partial charge on any atom is 0.332 e. The van der Waals surface area contributed by atoms with E-state index < -0.39 is 17.2 Å². The van der Waals surface area contributed by atoms with Gasteiger partial charge in [0.1, 0.15) is 5.82 Å². The van der Waals surface area contributed by atoms with Crippen molar-refractivity contribution in [3.63, 3.8) is 0 Å². The second-order valence-electron chi connectivity index (χ2n) is 7.75. The Morgan fingerprint density at radius 1 is 0.941 bits per heavy atom. The van der Waals surface area contributed by atoms with Gasteiger partial charge in [0.15, 0.2) is 11.5 Å². The summed E-state index contributed by atoms with van der Waals surface area (Å²) in [6.07, 6.45) is 0. The molecule has 0 saturated carbocycles. The van der Waals surface area contributed by atoms with Gasteiger partial charge in [-0.1, -0.05) is 30.3 Å². The predicted molar refractivity (Wildman–Crippen MR) is 127 cm³/mol. The van der Waals surface area contributed by atoms with Crippen molar-refractivity contribution in [2.75, 3.05) is 26.6 Å². The molecular formula is C25H24N4O5. The topological polar surface area (TPSA) is 108 Å². The zero-order valence-corrected chi connectivity index (χ0v) is 19.5. The van der Waals surface area contributed by atoms with E-state index >= 15 is 0 Å². The molecule has 2 aromatic carbocycles. The number of nitriles is 1. The molecule has 2 heterocycles. The number of rotatable bonds is 5. The molecular weight excluding hydrogens is 436 g/mol. The molecule has 0 amide bonds. The van der Waals surface area contributed by atoms with Crippen LogP contribution in [0.5, 0.6) is 17.2 Å². The van der Waals surface area contributed by atoms with E-state index in [4.69, 9.17) is 14.2 Å². The highest BCUT2D eigenvalue weighted by molar-refractivity contribution is 5.87. The van der Waals surface area contributed by atoms with E-state index in [1.165, 1.54) is 32.9 Å². The van der Waals surface area contributed by atoms with E-state index in [1.807, 2.05) is 30.3 Å². The molecule has 0 fully saturated rings. The number of nitrogens with one attached hydrogen (secondary N) is 1. The van der Waals surface area contributed by atoms with Crippen LogP contribution < -0.4 is 30.8 Å². The summed E-state index contributed by atoms with van der Waals surface area (Å²) >= 11 is 0. The summed E-state index contributed by atoms with van der Waals surface area (Å²) in [6.45, 7) is 0. The lowest BCUT2D eigenvalue weighted by Gasteiger charge is -2.31. The first kappa shape index (κ1) is 22.7. The van der Waals surface area contributed by atoms with Crippen LogP contribution in [-0.2, 0) is 14.1 Å². The van der Waals surface area contributed by atoms with Crippen LogP contribution in [-0.4, -0.2) is 30.5 Å². The molecule has 0 radical (unpaired) electrons. The molecule has 9 heteroatoms. The highest BCUT2D eigenvalue weighted by atomic mass is 16.5. The van der Waals surface area contributed by atoms with Crippen molar-refractivity contribution >= 4 is 11.5 Å². The molecule has 1 aliphatic heterocycles. The Labute approximate surface area is 196 Å². The largest absolute Gasteiger partial charge is 0.493 e. The standard InChI is InChI=1S/C25H24N4O5/c1-28-23-20(24(30)29(2)25(28)31)19(15-11-17(32-3)22(34-5)18(12-15)33-4)16(13-26)21(27-23)14-9-7-6-8-10-14/h6-12,19,27H,1-5H3. The van der Waals surface area contributed by atoms with Crippen molar-refractivity contribution in [2.24, 2.45) is 14.1 Å². The van der Waals surface area contributed by atoms with Gasteiger partial charge in [-0.25, -0.2) is 4.79 Å². The van der Waals surface area contributed by atoms with Crippen LogP contribution >= 0.6 is 0 Å². The van der Waals surface area contributed by atoms with Gasteiger partial charge in [0, 0.05) is 14.1 Å². The Balaban J connectivity index is 2.14. The third kappa shape index (κ3) is 3.40. The Kier molecular flexibility index (Phi) is 5.90. The highest BCUT2D eigenvalue weighted by Crippen LogP contribution is 2.46. The lowest BCUT2D eigenvalue weighted by Crippen LogP contribution is -2.42. The van der Waals surface area contributed by atoms with E-state index in [2.05, 4.69) is 11.4 Å². The zero-order chi connectivity index (χ0) is 24.6. The van der Waals surface area contributed by atoms with E-state index in [0.717, 1.165) is 10.1 Å². The summed E-state index contributed by atoms with van der Waals surface area (Å²) in [5.41, 5.74) is 1.46. The summed E-state index contributed by atoms with van der Waals surface area (Å²) in [6, 6.07) is 15.0. The monoisotopic (exact) mass is 460 g/mol. The van der Waals surface area contributed by atoms with Crippen LogP contribution in [0.2, 0.25) is 0 Å². The van der Waals surface area contributed by atoms with Crippen LogP contribution in [0.3, 0.4) is 0 Å². The quantitative estimate of drug-likeness (QED) is 0.624. The fraction of sp³-hybridized carbons (Fsp3) is 0.240. The van der Waals surface area contributed by atoms with Crippen molar-refractivity contribution in [2.45, 2.75) is 5.92 Å². The second kappa shape index (κ2) is 8.83. The Morgan fingerprint density at radius 2 is 1.56 bits per heavy atom. The number of hydrogen-bond donors (Lipinski definition) is 1. The number of nitrogens with zero attached hydrogens (tertiary/aromatic N) is 3. The fourth-order valence-corrected chi connectivity index (χ4v) is 4.31. The lowest BCUT2D eigenvalue weighted by molar-refractivity contribution is 0.323. The Bertz CT molecular complexity index is 1440. The van der Waals surface area contributed by atoms with Crippen molar-refractivity contribution in [1.82, 2.24) is 9.13 Å². The summed E-state index contributed by atoms with van der Waals surface area (Å²) in [5, 5.41) is 13.5. The minimum atomic E-state index is -0.796. The average molecular weight is 460 g/mol. The van der Waals surface area contributed by atoms with Crippen LogP contribution in [0, 0.1) is 11.3 Å². The molecule has 0 saturated heterocycles. The first-order chi connectivity index (χ1) is 16.4. The number of benzene rings is 2. The number of anilines is 1. The first-order valence-corrected chi connectivity index (χ1v) is 10.4. The fourth-order valence-electron chi connectivity index (χ4n) is 4.31. The van der Waals surface area contributed by atoms with E-state index in [9.17, 15) is 14.9 Å². The number of methoxy groups -OCH3 is 3. The molecule has 1 N–H and O–H groups in total. The van der Waals surface area contributed by atoms with E-state index in [-0.39, 0.29) is 5.56 Å². The van der Waals surface area contributed by atoms with Gasteiger partial charge < -0.3 is 19.5 Å². The maximum absolute atomic E-state index is 13.4. The molecule has 0 spiro atoms. The molecule has 0 bridgehead atoms. The van der Waals surface area contributed by atoms with Crippen molar-refractivity contribution in [1.29, 1.82) is 5.26 Å². The minimum absolute atomic E-state index is 0.273. The van der Waals surface area contributed by atoms with E-state index in [1.54, 1.807) is 19.2 Å².